The normalized spacial score (nSPS) is 20.6. The molecule has 1 aromatic carbocycles. The molecule has 154 valence electrons. The number of ketones is 1. The Morgan fingerprint density at radius 1 is 1.21 bits per heavy atom. The van der Waals surface area contributed by atoms with Crippen LogP contribution < -0.4 is 10.1 Å². The van der Waals surface area contributed by atoms with Crippen LogP contribution in [-0.4, -0.2) is 73.7 Å². The number of urea groups is 1. The van der Waals surface area contributed by atoms with Crippen molar-refractivity contribution < 1.29 is 19.1 Å². The van der Waals surface area contributed by atoms with Gasteiger partial charge in [-0.05, 0) is 64.4 Å². The highest BCUT2D eigenvalue weighted by atomic mass is 16.5. The number of nitrogens with zero attached hydrogens (tertiary/aromatic N) is 2. The van der Waals surface area contributed by atoms with Crippen LogP contribution >= 0.6 is 0 Å². The van der Waals surface area contributed by atoms with Crippen LogP contribution in [0.3, 0.4) is 0 Å². The number of amides is 2. The fraction of sp³-hybridized carbons (Fsp3) is 0.619. The van der Waals surface area contributed by atoms with E-state index in [9.17, 15) is 9.59 Å². The number of carbonyl (C=O) groups is 2. The van der Waals surface area contributed by atoms with Gasteiger partial charge in [-0.15, -0.1) is 0 Å². The van der Waals surface area contributed by atoms with Gasteiger partial charge in [-0.1, -0.05) is 0 Å². The van der Waals surface area contributed by atoms with E-state index in [0.717, 1.165) is 26.1 Å². The molecule has 0 aromatic heterocycles. The number of benzene rings is 1. The van der Waals surface area contributed by atoms with Crippen LogP contribution in [0.15, 0.2) is 18.2 Å². The topological polar surface area (TPSA) is 71.1 Å². The van der Waals surface area contributed by atoms with E-state index >= 15 is 0 Å². The van der Waals surface area contributed by atoms with Crippen molar-refractivity contribution in [1.29, 1.82) is 0 Å². The Kier molecular flexibility index (Phi) is 7.28. The van der Waals surface area contributed by atoms with Crippen LogP contribution in [0.2, 0.25) is 0 Å². The zero-order chi connectivity index (χ0) is 19.9. The first-order valence-electron chi connectivity index (χ1n) is 10.2. The van der Waals surface area contributed by atoms with Crippen molar-refractivity contribution in [2.75, 3.05) is 51.3 Å². The third-order valence-electron chi connectivity index (χ3n) is 5.23. The van der Waals surface area contributed by atoms with Gasteiger partial charge in [0.25, 0.3) is 0 Å². The standard InChI is InChI=1S/C21H31N3O4/c1-3-27-20-8-7-17(16(2)25)13-19(20)22-21(26)24-11-6-12-28-18(15-24)14-23-9-4-5-10-23/h7-8,13,18H,3-6,9-12,14-15H2,1-2H3,(H,22,26)/t18-/m0/s1. The van der Waals surface area contributed by atoms with Crippen LogP contribution in [0.4, 0.5) is 10.5 Å². The van der Waals surface area contributed by atoms with E-state index in [4.69, 9.17) is 9.47 Å². The molecule has 2 saturated heterocycles. The third-order valence-corrected chi connectivity index (χ3v) is 5.23. The average Bonchev–Trinajstić information content (AvgIpc) is 3.06. The second-order valence-electron chi connectivity index (χ2n) is 7.43. The summed E-state index contributed by atoms with van der Waals surface area (Å²) < 4.78 is 11.6. The maximum Gasteiger partial charge on any atom is 0.322 e. The number of anilines is 1. The Bertz CT molecular complexity index is 688. The Morgan fingerprint density at radius 2 is 2.00 bits per heavy atom. The van der Waals surface area contributed by atoms with Crippen molar-refractivity contribution in [3.63, 3.8) is 0 Å². The van der Waals surface area contributed by atoms with Gasteiger partial charge in [0.15, 0.2) is 5.78 Å². The van der Waals surface area contributed by atoms with Crippen LogP contribution in [0, 0.1) is 0 Å². The number of hydrogen-bond donors (Lipinski definition) is 1. The third kappa shape index (κ3) is 5.45. The summed E-state index contributed by atoms with van der Waals surface area (Å²) in [5, 5.41) is 2.94. The van der Waals surface area contributed by atoms with Crippen molar-refractivity contribution in [2.24, 2.45) is 0 Å². The minimum Gasteiger partial charge on any atom is -0.492 e. The van der Waals surface area contributed by atoms with Gasteiger partial charge in [-0.25, -0.2) is 4.79 Å². The zero-order valence-electron chi connectivity index (χ0n) is 16.9. The van der Waals surface area contributed by atoms with E-state index < -0.39 is 0 Å². The molecule has 2 aliphatic heterocycles. The molecule has 1 atom stereocenters. The van der Waals surface area contributed by atoms with Crippen LogP contribution in [0.5, 0.6) is 5.75 Å². The van der Waals surface area contributed by atoms with Gasteiger partial charge >= 0.3 is 6.03 Å². The summed E-state index contributed by atoms with van der Waals surface area (Å²) in [6, 6.07) is 4.95. The van der Waals surface area contributed by atoms with Gasteiger partial charge in [0, 0.05) is 31.8 Å². The maximum absolute atomic E-state index is 12.9. The number of rotatable bonds is 6. The Balaban J connectivity index is 1.68. The summed E-state index contributed by atoms with van der Waals surface area (Å²) in [7, 11) is 0. The van der Waals surface area contributed by atoms with Gasteiger partial charge in [0.05, 0.1) is 18.4 Å². The summed E-state index contributed by atoms with van der Waals surface area (Å²) in [6.45, 7) is 8.87. The van der Waals surface area contributed by atoms with Gasteiger partial charge < -0.3 is 24.6 Å². The average molecular weight is 389 g/mol. The quantitative estimate of drug-likeness (QED) is 0.758. The predicted molar refractivity (Wildman–Crippen MR) is 108 cm³/mol. The molecule has 3 rings (SSSR count). The molecule has 0 unspecified atom stereocenters. The van der Waals surface area contributed by atoms with E-state index in [1.165, 1.54) is 19.8 Å². The van der Waals surface area contributed by atoms with Crippen molar-refractivity contribution in [1.82, 2.24) is 9.80 Å². The predicted octanol–water partition coefficient (Wildman–Crippen LogP) is 3.01. The van der Waals surface area contributed by atoms with Crippen LogP contribution in [-0.2, 0) is 4.74 Å². The van der Waals surface area contributed by atoms with E-state index in [0.29, 0.717) is 43.3 Å². The van der Waals surface area contributed by atoms with Crippen LogP contribution in [0.25, 0.3) is 0 Å². The molecule has 0 bridgehead atoms. The molecule has 2 fully saturated rings. The zero-order valence-corrected chi connectivity index (χ0v) is 16.9. The first-order chi connectivity index (χ1) is 13.6. The second-order valence-corrected chi connectivity index (χ2v) is 7.43. The molecule has 1 N–H and O–H groups in total. The summed E-state index contributed by atoms with van der Waals surface area (Å²) in [5.74, 6) is 0.521. The van der Waals surface area contributed by atoms with E-state index in [2.05, 4.69) is 10.2 Å². The van der Waals surface area contributed by atoms with Crippen molar-refractivity contribution in [3.05, 3.63) is 23.8 Å². The summed E-state index contributed by atoms with van der Waals surface area (Å²) in [5.41, 5.74) is 1.07. The summed E-state index contributed by atoms with van der Waals surface area (Å²) in [4.78, 5) is 28.9. The molecule has 0 aliphatic carbocycles. The lowest BCUT2D eigenvalue weighted by Gasteiger charge is -2.27. The van der Waals surface area contributed by atoms with Gasteiger partial charge in [-0.2, -0.15) is 0 Å². The first kappa shape index (κ1) is 20.6. The minimum atomic E-state index is -0.182. The fourth-order valence-electron chi connectivity index (χ4n) is 3.77. The first-order valence-corrected chi connectivity index (χ1v) is 10.2. The summed E-state index contributed by atoms with van der Waals surface area (Å²) >= 11 is 0. The number of likely N-dealkylation sites (tertiary alicyclic amines) is 1. The lowest BCUT2D eigenvalue weighted by molar-refractivity contribution is 0.0355. The lowest BCUT2D eigenvalue weighted by Crippen LogP contribution is -2.43. The monoisotopic (exact) mass is 389 g/mol. The van der Waals surface area contributed by atoms with Crippen LogP contribution in [0.1, 0.15) is 43.5 Å². The molecule has 2 heterocycles. The lowest BCUT2D eigenvalue weighted by atomic mass is 10.1. The second kappa shape index (κ2) is 9.89. The number of ether oxygens (including phenoxy) is 2. The minimum absolute atomic E-state index is 0.0290. The number of hydrogen-bond acceptors (Lipinski definition) is 5. The molecule has 7 nitrogen and oxygen atoms in total. The molecule has 0 spiro atoms. The SMILES string of the molecule is CCOc1ccc(C(C)=O)cc1NC(=O)N1CCCO[C@@H](CN2CCCC2)C1. The Labute approximate surface area is 167 Å². The Hall–Kier alpha value is -2.12. The molecule has 2 amide bonds. The Morgan fingerprint density at radius 3 is 2.71 bits per heavy atom. The van der Waals surface area contributed by atoms with E-state index in [1.54, 1.807) is 18.2 Å². The molecule has 1 aromatic rings. The molecule has 0 saturated carbocycles. The summed E-state index contributed by atoms with van der Waals surface area (Å²) in [6.07, 6.45) is 3.32. The molecular formula is C21H31N3O4. The largest absolute Gasteiger partial charge is 0.492 e. The number of carbonyl (C=O) groups excluding carboxylic acids is 2. The molecule has 0 radical (unpaired) electrons. The van der Waals surface area contributed by atoms with Gasteiger partial charge in [-0.3, -0.25) is 4.79 Å². The van der Waals surface area contributed by atoms with Crippen molar-refractivity contribution >= 4 is 17.5 Å². The maximum atomic E-state index is 12.9. The highest BCUT2D eigenvalue weighted by Crippen LogP contribution is 2.27. The molecule has 2 aliphatic rings. The number of Topliss-reactive ketones (excluding diaryl/α,β-unsaturated/α-hetero) is 1. The van der Waals surface area contributed by atoms with Crippen molar-refractivity contribution in [2.45, 2.75) is 39.2 Å². The highest BCUT2D eigenvalue weighted by Gasteiger charge is 2.26. The fourth-order valence-corrected chi connectivity index (χ4v) is 3.77. The smallest absolute Gasteiger partial charge is 0.322 e. The van der Waals surface area contributed by atoms with Gasteiger partial charge in [0.2, 0.25) is 0 Å². The highest BCUT2D eigenvalue weighted by molar-refractivity contribution is 5.98. The molecule has 7 heteroatoms. The van der Waals surface area contributed by atoms with Crippen molar-refractivity contribution in [3.8, 4) is 5.75 Å². The molecule has 28 heavy (non-hydrogen) atoms. The van der Waals surface area contributed by atoms with E-state index in [-0.39, 0.29) is 17.9 Å². The number of nitrogens with one attached hydrogen (secondary N) is 1. The van der Waals surface area contributed by atoms with Gasteiger partial charge in [0.1, 0.15) is 5.75 Å². The van der Waals surface area contributed by atoms with E-state index in [1.807, 2.05) is 11.8 Å². The molecular weight excluding hydrogens is 358 g/mol.